The van der Waals surface area contributed by atoms with E-state index in [9.17, 15) is 22.8 Å². The number of Topliss-reactive ketones (excluding diaryl/α,β-unsaturated/α-hetero) is 1. The summed E-state index contributed by atoms with van der Waals surface area (Å²) >= 11 is 1.41. The van der Waals surface area contributed by atoms with E-state index in [2.05, 4.69) is 4.98 Å². The first-order valence-electron chi connectivity index (χ1n) is 9.87. The van der Waals surface area contributed by atoms with Crippen LogP contribution in [0.4, 0.5) is 13.2 Å². The molecule has 0 aliphatic rings. The van der Waals surface area contributed by atoms with E-state index in [1.165, 1.54) is 42.1 Å². The van der Waals surface area contributed by atoms with Gasteiger partial charge in [0.25, 0.3) is 5.56 Å². The van der Waals surface area contributed by atoms with Crippen LogP contribution < -0.4 is 5.56 Å². The molecule has 0 aliphatic heterocycles. The van der Waals surface area contributed by atoms with E-state index in [0.29, 0.717) is 15.9 Å². The largest absolute Gasteiger partial charge is 0.406 e. The molecule has 4 rings (SSSR count). The van der Waals surface area contributed by atoms with Gasteiger partial charge in [0, 0.05) is 21.8 Å². The van der Waals surface area contributed by atoms with Crippen molar-refractivity contribution >= 4 is 27.3 Å². The number of benzene rings is 1. The maximum Gasteiger partial charge on any atom is 0.406 e. The maximum atomic E-state index is 13.1. The summed E-state index contributed by atoms with van der Waals surface area (Å²) in [6.07, 6.45) is -3.07. The van der Waals surface area contributed by atoms with Gasteiger partial charge in [0.2, 0.25) is 0 Å². The number of aromatic nitrogens is 3. The van der Waals surface area contributed by atoms with E-state index in [4.69, 9.17) is 0 Å². The van der Waals surface area contributed by atoms with Crippen LogP contribution in [-0.2, 0) is 13.1 Å². The summed E-state index contributed by atoms with van der Waals surface area (Å²) in [5.41, 5.74) is 2.16. The SMILES string of the molecule is Cc1c(-c2ccccc2)sc2ncn(CC(=O)c3cc(C)n(CC(F)(F)F)c3C)c(=O)c12. The Bertz CT molecular complexity index is 1380. The van der Waals surface area contributed by atoms with Gasteiger partial charge >= 0.3 is 6.18 Å². The zero-order valence-corrected chi connectivity index (χ0v) is 18.5. The number of halogens is 3. The minimum absolute atomic E-state index is 0.172. The Morgan fingerprint density at radius 1 is 1.12 bits per heavy atom. The molecule has 9 heteroatoms. The molecule has 5 nitrogen and oxygen atoms in total. The number of rotatable bonds is 5. The third-order valence-electron chi connectivity index (χ3n) is 5.48. The summed E-state index contributed by atoms with van der Waals surface area (Å²) in [6.45, 7) is 3.39. The second-order valence-electron chi connectivity index (χ2n) is 7.69. The molecule has 0 saturated heterocycles. The maximum absolute atomic E-state index is 13.1. The van der Waals surface area contributed by atoms with Crippen molar-refractivity contribution in [1.29, 1.82) is 0 Å². The van der Waals surface area contributed by atoms with Crippen LogP contribution in [0.25, 0.3) is 20.7 Å². The van der Waals surface area contributed by atoms with Gasteiger partial charge in [-0.05, 0) is 38.0 Å². The summed E-state index contributed by atoms with van der Waals surface area (Å²) in [5.74, 6) is -0.439. The van der Waals surface area contributed by atoms with Crippen molar-refractivity contribution in [3.8, 4) is 10.4 Å². The summed E-state index contributed by atoms with van der Waals surface area (Å²) in [7, 11) is 0. The van der Waals surface area contributed by atoms with Crippen molar-refractivity contribution in [3.05, 3.63) is 75.6 Å². The molecule has 0 N–H and O–H groups in total. The van der Waals surface area contributed by atoms with Gasteiger partial charge in [-0.15, -0.1) is 11.3 Å². The molecule has 3 heterocycles. The summed E-state index contributed by atoms with van der Waals surface area (Å²) in [5, 5.41) is 0.451. The van der Waals surface area contributed by atoms with Crippen LogP contribution >= 0.6 is 11.3 Å². The first-order chi connectivity index (χ1) is 15.1. The van der Waals surface area contributed by atoms with E-state index in [-0.39, 0.29) is 23.4 Å². The number of fused-ring (bicyclic) bond motifs is 1. The first kappa shape index (κ1) is 22.0. The number of alkyl halides is 3. The van der Waals surface area contributed by atoms with Gasteiger partial charge in [-0.3, -0.25) is 14.2 Å². The molecule has 0 bridgehead atoms. The molecule has 4 aromatic rings. The lowest BCUT2D eigenvalue weighted by Gasteiger charge is -2.12. The van der Waals surface area contributed by atoms with Crippen LogP contribution in [0.1, 0.15) is 27.3 Å². The fourth-order valence-electron chi connectivity index (χ4n) is 3.88. The molecular weight excluding hydrogens is 439 g/mol. The average Bonchev–Trinajstić information content (AvgIpc) is 3.21. The number of thiophene rings is 1. The molecule has 166 valence electrons. The third kappa shape index (κ3) is 4.00. The van der Waals surface area contributed by atoms with Crippen molar-refractivity contribution < 1.29 is 18.0 Å². The van der Waals surface area contributed by atoms with Crippen LogP contribution in [-0.4, -0.2) is 26.1 Å². The lowest BCUT2D eigenvalue weighted by Crippen LogP contribution is -2.25. The van der Waals surface area contributed by atoms with Crippen molar-refractivity contribution in [2.24, 2.45) is 0 Å². The van der Waals surface area contributed by atoms with Gasteiger partial charge in [0.1, 0.15) is 11.4 Å². The fraction of sp³-hybridized carbons (Fsp3) is 0.261. The molecule has 0 aliphatic carbocycles. The number of hydrogen-bond acceptors (Lipinski definition) is 4. The molecule has 0 radical (unpaired) electrons. The molecule has 0 unspecified atom stereocenters. The third-order valence-corrected chi connectivity index (χ3v) is 6.73. The Morgan fingerprint density at radius 2 is 1.81 bits per heavy atom. The zero-order chi connectivity index (χ0) is 23.2. The minimum atomic E-state index is -4.40. The number of hydrogen-bond donors (Lipinski definition) is 0. The van der Waals surface area contributed by atoms with Gasteiger partial charge in [-0.2, -0.15) is 13.2 Å². The second-order valence-corrected chi connectivity index (χ2v) is 8.69. The van der Waals surface area contributed by atoms with E-state index >= 15 is 0 Å². The molecule has 3 aromatic heterocycles. The van der Waals surface area contributed by atoms with Crippen molar-refractivity contribution in [3.63, 3.8) is 0 Å². The van der Waals surface area contributed by atoms with Gasteiger partial charge in [-0.25, -0.2) is 4.98 Å². The number of carbonyl (C=O) groups excluding carboxylic acids is 1. The average molecular weight is 459 g/mol. The summed E-state index contributed by atoms with van der Waals surface area (Å²) < 4.78 is 40.9. The molecule has 0 amide bonds. The number of carbonyl (C=O) groups is 1. The van der Waals surface area contributed by atoms with Crippen LogP contribution in [0.5, 0.6) is 0 Å². The minimum Gasteiger partial charge on any atom is -0.339 e. The smallest absolute Gasteiger partial charge is 0.339 e. The number of aryl methyl sites for hydroxylation is 2. The Balaban J connectivity index is 1.69. The molecule has 0 spiro atoms. The molecule has 0 atom stereocenters. The molecule has 32 heavy (non-hydrogen) atoms. The lowest BCUT2D eigenvalue weighted by atomic mass is 10.1. The standard InChI is InChI=1S/C23H20F3N3O2S/c1-13-9-17(15(3)29(13)11-23(24,25)26)18(30)10-28-12-27-21-19(22(28)31)14(2)20(32-21)16-7-5-4-6-8-16/h4-9,12H,10-11H2,1-3H3. The highest BCUT2D eigenvalue weighted by molar-refractivity contribution is 7.22. The van der Waals surface area contributed by atoms with Gasteiger partial charge in [-0.1, -0.05) is 30.3 Å². The molecular formula is C23H20F3N3O2S. The Kier molecular flexibility index (Phi) is 5.54. The van der Waals surface area contributed by atoms with E-state index in [0.717, 1.165) is 20.6 Å². The molecule has 1 aromatic carbocycles. The number of ketones is 1. The Morgan fingerprint density at radius 3 is 2.47 bits per heavy atom. The highest BCUT2D eigenvalue weighted by atomic mass is 32.1. The van der Waals surface area contributed by atoms with Crippen LogP contribution in [0.15, 0.2) is 47.5 Å². The molecule has 0 saturated carbocycles. The predicted octanol–water partition coefficient (Wildman–Crippen LogP) is 5.30. The highest BCUT2D eigenvalue weighted by Crippen LogP contribution is 2.35. The van der Waals surface area contributed by atoms with Crippen molar-refractivity contribution in [2.45, 2.75) is 40.0 Å². The number of nitrogens with zero attached hydrogens (tertiary/aromatic N) is 3. The van der Waals surface area contributed by atoms with E-state index in [1.807, 2.05) is 37.3 Å². The quantitative estimate of drug-likeness (QED) is 0.381. The second kappa shape index (κ2) is 8.05. The van der Waals surface area contributed by atoms with E-state index < -0.39 is 18.5 Å². The Hall–Kier alpha value is -3.20. The van der Waals surface area contributed by atoms with Gasteiger partial charge < -0.3 is 4.57 Å². The fourth-order valence-corrected chi connectivity index (χ4v) is 5.03. The Labute approximate surface area is 185 Å². The summed E-state index contributed by atoms with van der Waals surface area (Å²) in [6, 6.07) is 11.1. The zero-order valence-electron chi connectivity index (χ0n) is 17.7. The highest BCUT2D eigenvalue weighted by Gasteiger charge is 2.30. The normalized spacial score (nSPS) is 11.9. The van der Waals surface area contributed by atoms with Crippen molar-refractivity contribution in [1.82, 2.24) is 14.1 Å². The van der Waals surface area contributed by atoms with Gasteiger partial charge in [0.05, 0.1) is 18.3 Å². The summed E-state index contributed by atoms with van der Waals surface area (Å²) in [4.78, 5) is 31.9. The van der Waals surface area contributed by atoms with Crippen molar-refractivity contribution in [2.75, 3.05) is 0 Å². The lowest BCUT2D eigenvalue weighted by molar-refractivity contribution is -0.141. The predicted molar refractivity (Wildman–Crippen MR) is 118 cm³/mol. The van der Waals surface area contributed by atoms with E-state index in [1.54, 1.807) is 0 Å². The topological polar surface area (TPSA) is 56.9 Å². The van der Waals surface area contributed by atoms with Gasteiger partial charge in [0.15, 0.2) is 5.78 Å². The first-order valence-corrected chi connectivity index (χ1v) is 10.7. The monoisotopic (exact) mass is 459 g/mol. The van der Waals surface area contributed by atoms with Crippen LogP contribution in [0.3, 0.4) is 0 Å². The van der Waals surface area contributed by atoms with Crippen LogP contribution in [0, 0.1) is 20.8 Å². The molecule has 0 fully saturated rings. The van der Waals surface area contributed by atoms with Crippen LogP contribution in [0.2, 0.25) is 0 Å².